The van der Waals surface area contributed by atoms with Gasteiger partial charge in [0.1, 0.15) is 17.2 Å². The molecule has 0 bridgehead atoms. The zero-order valence-electron chi connectivity index (χ0n) is 16.2. The molecule has 0 saturated carbocycles. The first kappa shape index (κ1) is 18.8. The lowest BCUT2D eigenvalue weighted by Gasteiger charge is -2.13. The lowest BCUT2D eigenvalue weighted by molar-refractivity contribution is 0.414. The quantitative estimate of drug-likeness (QED) is 0.559. The number of ether oxygens (including phenoxy) is 3. The Labute approximate surface area is 161 Å². The van der Waals surface area contributed by atoms with Crippen LogP contribution < -0.4 is 14.2 Å². The summed E-state index contributed by atoms with van der Waals surface area (Å²) in [5, 5.41) is 0. The highest BCUT2D eigenvalue weighted by atomic mass is 16.5. The molecular formula is C24H26O3. The fourth-order valence-corrected chi connectivity index (χ4v) is 3.17. The van der Waals surface area contributed by atoms with Crippen LogP contribution in [0.1, 0.15) is 22.3 Å². The normalized spacial score (nSPS) is 10.5. The third-order valence-corrected chi connectivity index (χ3v) is 4.81. The Hall–Kier alpha value is -2.94. The van der Waals surface area contributed by atoms with Crippen LogP contribution >= 0.6 is 0 Å². The first-order valence-electron chi connectivity index (χ1n) is 9.13. The molecule has 0 radical (unpaired) electrons. The highest BCUT2D eigenvalue weighted by Gasteiger charge is 2.07. The van der Waals surface area contributed by atoms with E-state index in [0.717, 1.165) is 36.5 Å². The molecule has 0 fully saturated rings. The summed E-state index contributed by atoms with van der Waals surface area (Å²) >= 11 is 0. The van der Waals surface area contributed by atoms with Gasteiger partial charge in [-0.05, 0) is 77.9 Å². The van der Waals surface area contributed by atoms with Gasteiger partial charge in [-0.15, -0.1) is 0 Å². The van der Waals surface area contributed by atoms with Crippen LogP contribution in [0, 0.1) is 0 Å². The molecule has 3 aromatic rings. The Kier molecular flexibility index (Phi) is 6.37. The van der Waals surface area contributed by atoms with Crippen molar-refractivity contribution >= 4 is 0 Å². The minimum Gasteiger partial charge on any atom is -0.497 e. The average Bonchev–Trinajstić information content (AvgIpc) is 2.73. The summed E-state index contributed by atoms with van der Waals surface area (Å²) in [6, 6.07) is 22.9. The van der Waals surface area contributed by atoms with Gasteiger partial charge in [0, 0.05) is 0 Å². The summed E-state index contributed by atoms with van der Waals surface area (Å²) < 4.78 is 15.9. The second-order valence-corrected chi connectivity index (χ2v) is 6.51. The smallest absolute Gasteiger partial charge is 0.119 e. The average molecular weight is 362 g/mol. The van der Waals surface area contributed by atoms with Gasteiger partial charge in [0.2, 0.25) is 0 Å². The van der Waals surface area contributed by atoms with Crippen LogP contribution in [0.25, 0.3) is 0 Å². The van der Waals surface area contributed by atoms with E-state index in [2.05, 4.69) is 36.4 Å². The number of aryl methyl sites for hydroxylation is 2. The molecule has 0 aromatic heterocycles. The van der Waals surface area contributed by atoms with Gasteiger partial charge in [0.05, 0.1) is 21.3 Å². The number of hydrogen-bond acceptors (Lipinski definition) is 3. The number of benzene rings is 3. The van der Waals surface area contributed by atoms with Crippen molar-refractivity contribution in [1.82, 2.24) is 0 Å². The molecule has 27 heavy (non-hydrogen) atoms. The summed E-state index contributed by atoms with van der Waals surface area (Å²) in [4.78, 5) is 0. The molecule has 0 amide bonds. The van der Waals surface area contributed by atoms with E-state index in [0.29, 0.717) is 0 Å². The third-order valence-electron chi connectivity index (χ3n) is 4.81. The molecule has 0 aliphatic rings. The molecule has 0 unspecified atom stereocenters. The summed E-state index contributed by atoms with van der Waals surface area (Å²) in [7, 11) is 5.09. The van der Waals surface area contributed by atoms with Crippen LogP contribution in [0.2, 0.25) is 0 Å². The van der Waals surface area contributed by atoms with Crippen molar-refractivity contribution < 1.29 is 14.2 Å². The summed E-state index contributed by atoms with van der Waals surface area (Å²) in [5.41, 5.74) is 5.22. The van der Waals surface area contributed by atoms with Gasteiger partial charge in [-0.1, -0.05) is 30.3 Å². The van der Waals surface area contributed by atoms with E-state index in [4.69, 9.17) is 14.2 Å². The SMILES string of the molecule is COc1ccc(CCc2ccc(OC)cc2Cc2ccc(OC)cc2)cc1. The second kappa shape index (κ2) is 9.13. The van der Waals surface area contributed by atoms with Gasteiger partial charge in [0.25, 0.3) is 0 Å². The molecule has 0 spiro atoms. The highest BCUT2D eigenvalue weighted by molar-refractivity contribution is 5.40. The largest absolute Gasteiger partial charge is 0.497 e. The lowest BCUT2D eigenvalue weighted by Crippen LogP contribution is -2.00. The van der Waals surface area contributed by atoms with Gasteiger partial charge < -0.3 is 14.2 Å². The maximum atomic E-state index is 5.44. The van der Waals surface area contributed by atoms with E-state index in [-0.39, 0.29) is 0 Å². The monoisotopic (exact) mass is 362 g/mol. The van der Waals surface area contributed by atoms with Gasteiger partial charge in [-0.2, -0.15) is 0 Å². The molecule has 0 saturated heterocycles. The standard InChI is InChI=1S/C24H26O3/c1-25-22-11-5-18(6-12-22)4-9-20-10-15-24(27-3)17-21(20)16-19-7-13-23(26-2)14-8-19/h5-8,10-15,17H,4,9,16H2,1-3H3. The molecule has 0 heterocycles. The molecule has 140 valence electrons. The predicted molar refractivity (Wildman–Crippen MR) is 109 cm³/mol. The van der Waals surface area contributed by atoms with Gasteiger partial charge in [0.15, 0.2) is 0 Å². The lowest BCUT2D eigenvalue weighted by atomic mass is 9.95. The molecule has 3 aromatic carbocycles. The Morgan fingerprint density at radius 1 is 0.519 bits per heavy atom. The van der Waals surface area contributed by atoms with Crippen LogP contribution in [0.3, 0.4) is 0 Å². The van der Waals surface area contributed by atoms with Crippen molar-refractivity contribution in [3.05, 3.63) is 89.0 Å². The topological polar surface area (TPSA) is 27.7 Å². The van der Waals surface area contributed by atoms with E-state index in [9.17, 15) is 0 Å². The fraction of sp³-hybridized carbons (Fsp3) is 0.250. The number of rotatable bonds is 8. The Balaban J connectivity index is 1.76. The zero-order chi connectivity index (χ0) is 19.1. The Morgan fingerprint density at radius 2 is 1.04 bits per heavy atom. The van der Waals surface area contributed by atoms with E-state index < -0.39 is 0 Å². The fourth-order valence-electron chi connectivity index (χ4n) is 3.17. The van der Waals surface area contributed by atoms with E-state index >= 15 is 0 Å². The molecule has 0 aliphatic carbocycles. The summed E-state index contributed by atoms with van der Waals surface area (Å²) in [6.45, 7) is 0. The molecule has 0 aliphatic heterocycles. The molecule has 0 atom stereocenters. The predicted octanol–water partition coefficient (Wildman–Crippen LogP) is 5.09. The minimum atomic E-state index is 0.874. The van der Waals surface area contributed by atoms with Gasteiger partial charge >= 0.3 is 0 Å². The Bertz CT molecular complexity index is 852. The van der Waals surface area contributed by atoms with Crippen LogP contribution in [0.5, 0.6) is 17.2 Å². The van der Waals surface area contributed by atoms with E-state index in [1.165, 1.54) is 22.3 Å². The van der Waals surface area contributed by atoms with Crippen molar-refractivity contribution in [3.63, 3.8) is 0 Å². The molecule has 3 rings (SSSR count). The second-order valence-electron chi connectivity index (χ2n) is 6.51. The molecule has 0 N–H and O–H groups in total. The van der Waals surface area contributed by atoms with E-state index in [1.54, 1.807) is 21.3 Å². The van der Waals surface area contributed by atoms with E-state index in [1.807, 2.05) is 30.3 Å². The van der Waals surface area contributed by atoms with Crippen molar-refractivity contribution in [2.24, 2.45) is 0 Å². The Morgan fingerprint density at radius 3 is 1.59 bits per heavy atom. The van der Waals surface area contributed by atoms with Crippen LogP contribution in [-0.4, -0.2) is 21.3 Å². The van der Waals surface area contributed by atoms with Crippen LogP contribution in [0.15, 0.2) is 66.7 Å². The third kappa shape index (κ3) is 5.04. The van der Waals surface area contributed by atoms with Crippen molar-refractivity contribution in [2.75, 3.05) is 21.3 Å². The van der Waals surface area contributed by atoms with Gasteiger partial charge in [-0.3, -0.25) is 0 Å². The summed E-state index contributed by atoms with van der Waals surface area (Å²) in [5.74, 6) is 2.67. The maximum Gasteiger partial charge on any atom is 0.119 e. The molecule has 3 heteroatoms. The first-order chi connectivity index (χ1) is 13.2. The van der Waals surface area contributed by atoms with Gasteiger partial charge in [-0.25, -0.2) is 0 Å². The zero-order valence-corrected chi connectivity index (χ0v) is 16.2. The van der Waals surface area contributed by atoms with Crippen molar-refractivity contribution in [1.29, 1.82) is 0 Å². The summed E-state index contributed by atoms with van der Waals surface area (Å²) in [6.07, 6.45) is 2.85. The number of hydrogen-bond donors (Lipinski definition) is 0. The highest BCUT2D eigenvalue weighted by Crippen LogP contribution is 2.24. The van der Waals surface area contributed by atoms with Crippen LogP contribution in [-0.2, 0) is 19.3 Å². The molecular weight excluding hydrogens is 336 g/mol. The minimum absolute atomic E-state index is 0.874. The molecule has 3 nitrogen and oxygen atoms in total. The number of methoxy groups -OCH3 is 3. The van der Waals surface area contributed by atoms with Crippen LogP contribution in [0.4, 0.5) is 0 Å². The maximum absolute atomic E-state index is 5.44. The first-order valence-corrected chi connectivity index (χ1v) is 9.13. The van der Waals surface area contributed by atoms with Crippen molar-refractivity contribution in [3.8, 4) is 17.2 Å². The van der Waals surface area contributed by atoms with Crippen molar-refractivity contribution in [2.45, 2.75) is 19.3 Å².